The molecule has 0 unspecified atom stereocenters. The van der Waals surface area contributed by atoms with E-state index >= 15 is 0 Å². The maximum absolute atomic E-state index is 6.15. The van der Waals surface area contributed by atoms with Gasteiger partial charge in [0.25, 0.3) is 0 Å². The van der Waals surface area contributed by atoms with Crippen LogP contribution in [0.2, 0.25) is 10.0 Å². The summed E-state index contributed by atoms with van der Waals surface area (Å²) in [7, 11) is 0. The SMILES string of the molecule is Cc1ccccc1COc1c(Cl)cc(Cl)cc1CCl. The Kier molecular flexibility index (Phi) is 4.98. The maximum atomic E-state index is 6.15. The molecular formula is C15H13Cl3O. The molecule has 2 aromatic carbocycles. The zero-order chi connectivity index (χ0) is 13.8. The van der Waals surface area contributed by atoms with Crippen LogP contribution >= 0.6 is 34.8 Å². The molecule has 0 spiro atoms. The second-order valence-corrected chi connectivity index (χ2v) is 5.34. The molecule has 0 saturated carbocycles. The lowest BCUT2D eigenvalue weighted by Crippen LogP contribution is -2.00. The molecule has 4 heteroatoms. The van der Waals surface area contributed by atoms with E-state index in [2.05, 4.69) is 0 Å². The van der Waals surface area contributed by atoms with E-state index in [0.29, 0.717) is 28.3 Å². The molecule has 2 rings (SSSR count). The van der Waals surface area contributed by atoms with Gasteiger partial charge in [-0.05, 0) is 30.2 Å². The number of aryl methyl sites for hydroxylation is 1. The Morgan fingerprint density at radius 3 is 2.47 bits per heavy atom. The smallest absolute Gasteiger partial charge is 0.142 e. The summed E-state index contributed by atoms with van der Waals surface area (Å²) in [6.07, 6.45) is 0. The Balaban J connectivity index is 2.22. The molecule has 0 saturated heterocycles. The van der Waals surface area contributed by atoms with Crippen LogP contribution in [0.5, 0.6) is 5.75 Å². The minimum Gasteiger partial charge on any atom is -0.487 e. The highest BCUT2D eigenvalue weighted by atomic mass is 35.5. The van der Waals surface area contributed by atoms with Crippen molar-refractivity contribution >= 4 is 34.8 Å². The number of alkyl halides is 1. The van der Waals surface area contributed by atoms with Crippen molar-refractivity contribution in [1.82, 2.24) is 0 Å². The first kappa shape index (κ1) is 14.5. The van der Waals surface area contributed by atoms with Gasteiger partial charge in [0, 0.05) is 10.6 Å². The van der Waals surface area contributed by atoms with Gasteiger partial charge in [-0.3, -0.25) is 0 Å². The van der Waals surface area contributed by atoms with E-state index in [1.54, 1.807) is 12.1 Å². The average molecular weight is 316 g/mol. The van der Waals surface area contributed by atoms with E-state index in [0.717, 1.165) is 11.1 Å². The van der Waals surface area contributed by atoms with Gasteiger partial charge in [0.1, 0.15) is 12.4 Å². The van der Waals surface area contributed by atoms with Gasteiger partial charge in [-0.2, -0.15) is 0 Å². The molecule has 0 radical (unpaired) electrons. The number of rotatable bonds is 4. The van der Waals surface area contributed by atoms with Gasteiger partial charge < -0.3 is 4.74 Å². The van der Waals surface area contributed by atoms with Crippen molar-refractivity contribution < 1.29 is 4.74 Å². The first-order valence-electron chi connectivity index (χ1n) is 5.83. The fourth-order valence-corrected chi connectivity index (χ4v) is 2.59. The van der Waals surface area contributed by atoms with Crippen LogP contribution in [0.25, 0.3) is 0 Å². The molecule has 100 valence electrons. The van der Waals surface area contributed by atoms with Crippen LogP contribution in [0.15, 0.2) is 36.4 Å². The summed E-state index contributed by atoms with van der Waals surface area (Å²) in [5.41, 5.74) is 3.10. The third kappa shape index (κ3) is 3.56. The largest absolute Gasteiger partial charge is 0.487 e. The zero-order valence-electron chi connectivity index (χ0n) is 10.4. The third-order valence-electron chi connectivity index (χ3n) is 2.86. The van der Waals surface area contributed by atoms with Gasteiger partial charge in [0.05, 0.1) is 10.9 Å². The molecule has 0 aromatic heterocycles. The molecule has 0 aliphatic carbocycles. The molecule has 1 nitrogen and oxygen atoms in total. The molecule has 0 aliphatic heterocycles. The monoisotopic (exact) mass is 314 g/mol. The Morgan fingerprint density at radius 2 is 1.79 bits per heavy atom. The van der Waals surface area contributed by atoms with Gasteiger partial charge >= 0.3 is 0 Å². The van der Waals surface area contributed by atoms with Gasteiger partial charge in [0.2, 0.25) is 0 Å². The topological polar surface area (TPSA) is 9.23 Å². The van der Waals surface area contributed by atoms with Gasteiger partial charge in [-0.1, -0.05) is 47.5 Å². The Hall–Kier alpha value is -0.890. The van der Waals surface area contributed by atoms with Crippen molar-refractivity contribution in [3.8, 4) is 5.75 Å². The molecule has 0 fully saturated rings. The summed E-state index contributed by atoms with van der Waals surface area (Å²) in [6.45, 7) is 2.50. The number of halogens is 3. The minimum absolute atomic E-state index is 0.309. The second kappa shape index (κ2) is 6.51. The minimum atomic E-state index is 0.309. The first-order valence-corrected chi connectivity index (χ1v) is 7.12. The zero-order valence-corrected chi connectivity index (χ0v) is 12.7. The molecule has 0 heterocycles. The maximum Gasteiger partial charge on any atom is 0.142 e. The van der Waals surface area contributed by atoms with Crippen molar-refractivity contribution in [3.05, 3.63) is 63.1 Å². The molecule has 0 N–H and O–H groups in total. The molecule has 0 bridgehead atoms. The number of hydrogen-bond donors (Lipinski definition) is 0. The highest BCUT2D eigenvalue weighted by Crippen LogP contribution is 2.34. The fraction of sp³-hybridized carbons (Fsp3) is 0.200. The predicted molar refractivity (Wildman–Crippen MR) is 81.5 cm³/mol. The van der Waals surface area contributed by atoms with Gasteiger partial charge in [-0.25, -0.2) is 0 Å². The summed E-state index contributed by atoms with van der Waals surface area (Å²) in [6, 6.07) is 11.5. The fourth-order valence-electron chi connectivity index (χ4n) is 1.80. The number of ether oxygens (including phenoxy) is 1. The lowest BCUT2D eigenvalue weighted by molar-refractivity contribution is 0.303. The van der Waals surface area contributed by atoms with Crippen molar-refractivity contribution in [2.24, 2.45) is 0 Å². The summed E-state index contributed by atoms with van der Waals surface area (Å²) in [5, 5.41) is 1.04. The predicted octanol–water partition coefficient (Wildman–Crippen LogP) is 5.62. The summed E-state index contributed by atoms with van der Waals surface area (Å²) >= 11 is 18.0. The molecule has 19 heavy (non-hydrogen) atoms. The van der Waals surface area contributed by atoms with Crippen LogP contribution in [0.4, 0.5) is 0 Å². The lowest BCUT2D eigenvalue weighted by Gasteiger charge is -2.13. The summed E-state index contributed by atoms with van der Waals surface area (Å²) < 4.78 is 5.81. The molecular weight excluding hydrogens is 303 g/mol. The normalized spacial score (nSPS) is 10.5. The Morgan fingerprint density at radius 1 is 1.05 bits per heavy atom. The van der Waals surface area contributed by atoms with Crippen LogP contribution in [-0.2, 0) is 12.5 Å². The number of benzene rings is 2. The summed E-state index contributed by atoms with van der Waals surface area (Å²) in [4.78, 5) is 0. The molecule has 0 amide bonds. The molecule has 0 atom stereocenters. The van der Waals surface area contributed by atoms with Crippen molar-refractivity contribution in [3.63, 3.8) is 0 Å². The second-order valence-electron chi connectivity index (χ2n) is 4.22. The van der Waals surface area contributed by atoms with Crippen LogP contribution < -0.4 is 4.74 Å². The Labute approximate surface area is 128 Å². The van der Waals surface area contributed by atoms with Crippen LogP contribution in [-0.4, -0.2) is 0 Å². The standard InChI is InChI=1S/C15H13Cl3O/c1-10-4-2-3-5-11(10)9-19-15-12(8-16)6-13(17)7-14(15)18/h2-7H,8-9H2,1H3. The highest BCUT2D eigenvalue weighted by molar-refractivity contribution is 6.36. The van der Waals surface area contributed by atoms with Crippen LogP contribution in [0.3, 0.4) is 0 Å². The average Bonchev–Trinajstić information content (AvgIpc) is 2.38. The van der Waals surface area contributed by atoms with E-state index in [9.17, 15) is 0 Å². The quantitative estimate of drug-likeness (QED) is 0.665. The van der Waals surface area contributed by atoms with Crippen molar-refractivity contribution in [2.75, 3.05) is 0 Å². The Bertz CT molecular complexity index is 582. The molecule has 0 aliphatic rings. The van der Waals surface area contributed by atoms with E-state index in [1.165, 1.54) is 5.56 Å². The first-order chi connectivity index (χ1) is 9.11. The lowest BCUT2D eigenvalue weighted by atomic mass is 10.1. The van der Waals surface area contributed by atoms with Gasteiger partial charge in [-0.15, -0.1) is 11.6 Å². The van der Waals surface area contributed by atoms with E-state index < -0.39 is 0 Å². The van der Waals surface area contributed by atoms with Crippen LogP contribution in [0, 0.1) is 6.92 Å². The van der Waals surface area contributed by atoms with E-state index in [4.69, 9.17) is 39.5 Å². The molecule has 2 aromatic rings. The number of hydrogen-bond acceptors (Lipinski definition) is 1. The van der Waals surface area contributed by atoms with Crippen molar-refractivity contribution in [1.29, 1.82) is 0 Å². The summed E-state index contributed by atoms with van der Waals surface area (Å²) in [5.74, 6) is 0.910. The third-order valence-corrected chi connectivity index (χ3v) is 3.65. The van der Waals surface area contributed by atoms with E-state index in [1.807, 2.05) is 31.2 Å². The van der Waals surface area contributed by atoms with Crippen molar-refractivity contribution in [2.45, 2.75) is 19.4 Å². The highest BCUT2D eigenvalue weighted by Gasteiger charge is 2.10. The van der Waals surface area contributed by atoms with Crippen LogP contribution in [0.1, 0.15) is 16.7 Å². The van der Waals surface area contributed by atoms with Gasteiger partial charge in [0.15, 0.2) is 0 Å². The van der Waals surface area contributed by atoms with E-state index in [-0.39, 0.29) is 0 Å².